The number of carbonyl (C=O) groups is 1. The summed E-state index contributed by atoms with van der Waals surface area (Å²) < 4.78 is 4.57. The Labute approximate surface area is 174 Å². The molecule has 0 fully saturated rings. The summed E-state index contributed by atoms with van der Waals surface area (Å²) in [5.74, 6) is 0.917. The van der Waals surface area contributed by atoms with Gasteiger partial charge in [0.05, 0.1) is 18.5 Å². The molecule has 28 heavy (non-hydrogen) atoms. The SMILES string of the molecule is CCCNC(=O)C[NH+](C)Cn1nc(-c2cccs2)n(Cc2ccccc2)c1=S. The number of likely N-dealkylation sites (N-methyl/N-ethyl adjacent to an activating group) is 1. The predicted molar refractivity (Wildman–Crippen MR) is 115 cm³/mol. The largest absolute Gasteiger partial charge is 0.351 e. The minimum Gasteiger partial charge on any atom is -0.351 e. The van der Waals surface area contributed by atoms with Crippen molar-refractivity contribution < 1.29 is 9.69 Å². The lowest BCUT2D eigenvalue weighted by Gasteiger charge is -2.13. The summed E-state index contributed by atoms with van der Waals surface area (Å²) >= 11 is 7.39. The number of amides is 1. The van der Waals surface area contributed by atoms with E-state index in [4.69, 9.17) is 17.3 Å². The van der Waals surface area contributed by atoms with Gasteiger partial charge in [-0.15, -0.1) is 16.4 Å². The van der Waals surface area contributed by atoms with Crippen molar-refractivity contribution in [3.05, 3.63) is 58.2 Å². The molecule has 1 amide bonds. The van der Waals surface area contributed by atoms with Crippen molar-refractivity contribution >= 4 is 29.5 Å². The third kappa shape index (κ3) is 5.15. The maximum absolute atomic E-state index is 12.0. The van der Waals surface area contributed by atoms with E-state index < -0.39 is 0 Å². The molecule has 0 aliphatic carbocycles. The summed E-state index contributed by atoms with van der Waals surface area (Å²) in [6, 6.07) is 14.3. The van der Waals surface area contributed by atoms with Crippen LogP contribution in [-0.4, -0.2) is 40.4 Å². The minimum absolute atomic E-state index is 0.0491. The number of quaternary nitrogens is 1. The van der Waals surface area contributed by atoms with E-state index in [1.54, 1.807) is 11.3 Å². The Morgan fingerprint density at radius 2 is 2.04 bits per heavy atom. The van der Waals surface area contributed by atoms with Gasteiger partial charge in [-0.25, -0.2) is 0 Å². The molecule has 0 saturated heterocycles. The van der Waals surface area contributed by atoms with Crippen LogP contribution in [0.3, 0.4) is 0 Å². The number of nitrogens with zero attached hydrogens (tertiary/aromatic N) is 3. The van der Waals surface area contributed by atoms with Crippen molar-refractivity contribution in [1.82, 2.24) is 19.7 Å². The summed E-state index contributed by atoms with van der Waals surface area (Å²) in [6.07, 6.45) is 0.934. The van der Waals surface area contributed by atoms with E-state index in [1.165, 1.54) is 5.56 Å². The van der Waals surface area contributed by atoms with Gasteiger partial charge < -0.3 is 10.2 Å². The first-order valence-corrected chi connectivity index (χ1v) is 10.7. The highest BCUT2D eigenvalue weighted by atomic mass is 32.1. The van der Waals surface area contributed by atoms with E-state index in [0.717, 1.165) is 22.0 Å². The Bertz CT molecular complexity index is 947. The number of hydrogen-bond donors (Lipinski definition) is 2. The van der Waals surface area contributed by atoms with E-state index in [-0.39, 0.29) is 5.91 Å². The zero-order valence-corrected chi connectivity index (χ0v) is 17.9. The highest BCUT2D eigenvalue weighted by Crippen LogP contribution is 2.24. The van der Waals surface area contributed by atoms with Crippen LogP contribution in [-0.2, 0) is 18.0 Å². The van der Waals surface area contributed by atoms with Gasteiger partial charge >= 0.3 is 0 Å². The highest BCUT2D eigenvalue weighted by molar-refractivity contribution is 7.71. The molecule has 148 valence electrons. The average molecular weight is 417 g/mol. The van der Waals surface area contributed by atoms with Gasteiger partial charge in [-0.05, 0) is 35.6 Å². The summed E-state index contributed by atoms with van der Waals surface area (Å²) in [5, 5.41) is 9.75. The van der Waals surface area contributed by atoms with Crippen molar-refractivity contribution in [2.45, 2.75) is 26.6 Å². The standard InChI is InChI=1S/C20H25N5OS2/c1-3-11-21-18(26)14-23(2)15-25-20(27)24(13-16-8-5-4-6-9-16)19(22-25)17-10-7-12-28-17/h4-10,12H,3,11,13-15H2,1-2H3,(H,21,26)/p+1. The van der Waals surface area contributed by atoms with Crippen LogP contribution in [0.25, 0.3) is 10.7 Å². The average Bonchev–Trinajstić information content (AvgIpc) is 3.31. The van der Waals surface area contributed by atoms with Crippen LogP contribution in [0.1, 0.15) is 18.9 Å². The van der Waals surface area contributed by atoms with Crippen LogP contribution < -0.4 is 10.2 Å². The Kier molecular flexibility index (Phi) is 7.13. The van der Waals surface area contributed by atoms with E-state index in [1.807, 2.05) is 48.3 Å². The van der Waals surface area contributed by atoms with Crippen LogP contribution >= 0.6 is 23.6 Å². The second-order valence-corrected chi connectivity index (χ2v) is 8.11. The normalized spacial score (nSPS) is 12.1. The molecule has 8 heteroatoms. The molecule has 2 aromatic heterocycles. The maximum atomic E-state index is 12.0. The molecule has 1 atom stereocenters. The number of thiophene rings is 1. The first-order chi connectivity index (χ1) is 13.6. The lowest BCUT2D eigenvalue weighted by Crippen LogP contribution is -3.09. The molecule has 0 radical (unpaired) electrons. The van der Waals surface area contributed by atoms with Crippen LogP contribution in [0.2, 0.25) is 0 Å². The van der Waals surface area contributed by atoms with Gasteiger partial charge in [0, 0.05) is 6.54 Å². The van der Waals surface area contributed by atoms with Gasteiger partial charge in [-0.2, -0.15) is 4.68 Å². The van der Waals surface area contributed by atoms with Gasteiger partial charge in [0.1, 0.15) is 0 Å². The number of hydrogen-bond acceptors (Lipinski definition) is 4. The van der Waals surface area contributed by atoms with Crippen molar-refractivity contribution in [1.29, 1.82) is 0 Å². The smallest absolute Gasteiger partial charge is 0.275 e. The third-order valence-corrected chi connectivity index (χ3v) is 5.60. The van der Waals surface area contributed by atoms with Crippen molar-refractivity contribution in [3.8, 4) is 10.7 Å². The van der Waals surface area contributed by atoms with Crippen LogP contribution in [0.15, 0.2) is 47.8 Å². The van der Waals surface area contributed by atoms with Gasteiger partial charge in [0.25, 0.3) is 5.91 Å². The Morgan fingerprint density at radius 1 is 1.25 bits per heavy atom. The molecule has 0 saturated carbocycles. The summed E-state index contributed by atoms with van der Waals surface area (Å²) in [6.45, 7) is 4.35. The third-order valence-electron chi connectivity index (χ3n) is 4.30. The van der Waals surface area contributed by atoms with Crippen molar-refractivity contribution in [2.75, 3.05) is 20.1 Å². The molecule has 6 nitrogen and oxygen atoms in total. The van der Waals surface area contributed by atoms with Crippen molar-refractivity contribution in [3.63, 3.8) is 0 Å². The zero-order chi connectivity index (χ0) is 19.9. The number of rotatable bonds is 9. The maximum Gasteiger partial charge on any atom is 0.275 e. The fourth-order valence-corrected chi connectivity index (χ4v) is 3.93. The second kappa shape index (κ2) is 9.77. The van der Waals surface area contributed by atoms with Crippen LogP contribution in [0, 0.1) is 4.77 Å². The fraction of sp³-hybridized carbons (Fsp3) is 0.350. The zero-order valence-electron chi connectivity index (χ0n) is 16.2. The highest BCUT2D eigenvalue weighted by Gasteiger charge is 2.17. The second-order valence-electron chi connectivity index (χ2n) is 6.80. The van der Waals surface area contributed by atoms with Gasteiger partial charge in [-0.1, -0.05) is 43.3 Å². The molecule has 0 spiro atoms. The molecule has 0 aliphatic heterocycles. The van der Waals surface area contributed by atoms with E-state index >= 15 is 0 Å². The number of nitrogens with one attached hydrogen (secondary N) is 2. The van der Waals surface area contributed by atoms with Gasteiger partial charge in [0.15, 0.2) is 19.0 Å². The lowest BCUT2D eigenvalue weighted by molar-refractivity contribution is -0.895. The molecular weight excluding hydrogens is 390 g/mol. The quantitative estimate of drug-likeness (QED) is 0.526. The summed E-state index contributed by atoms with van der Waals surface area (Å²) in [7, 11) is 1.98. The monoisotopic (exact) mass is 416 g/mol. The molecule has 2 N–H and O–H groups in total. The summed E-state index contributed by atoms with van der Waals surface area (Å²) in [5.41, 5.74) is 1.18. The Balaban J connectivity index is 1.83. The lowest BCUT2D eigenvalue weighted by atomic mass is 10.2. The summed E-state index contributed by atoms with van der Waals surface area (Å²) in [4.78, 5) is 14.1. The first-order valence-electron chi connectivity index (χ1n) is 9.42. The van der Waals surface area contributed by atoms with E-state index in [9.17, 15) is 4.79 Å². The van der Waals surface area contributed by atoms with Gasteiger partial charge in [0.2, 0.25) is 4.77 Å². The Morgan fingerprint density at radius 3 is 2.71 bits per heavy atom. The molecule has 1 unspecified atom stereocenters. The molecule has 1 aromatic carbocycles. The van der Waals surface area contributed by atoms with Crippen molar-refractivity contribution in [2.24, 2.45) is 0 Å². The van der Waals surface area contributed by atoms with Crippen LogP contribution in [0.4, 0.5) is 0 Å². The molecule has 3 aromatic rings. The first kappa shape index (κ1) is 20.4. The van der Waals surface area contributed by atoms with Crippen LogP contribution in [0.5, 0.6) is 0 Å². The molecular formula is C20H26N5OS2+. The number of benzene rings is 1. The topological polar surface area (TPSA) is 56.3 Å². The molecule has 2 heterocycles. The predicted octanol–water partition coefficient (Wildman–Crippen LogP) is 2.19. The number of carbonyl (C=O) groups excluding carboxylic acids is 1. The molecule has 0 aliphatic rings. The number of aromatic nitrogens is 3. The molecule has 0 bridgehead atoms. The minimum atomic E-state index is 0.0491. The Hall–Kier alpha value is -2.29. The molecule has 3 rings (SSSR count). The fourth-order valence-electron chi connectivity index (χ4n) is 2.95. The van der Waals surface area contributed by atoms with E-state index in [0.29, 0.717) is 31.1 Å². The van der Waals surface area contributed by atoms with Gasteiger partial charge in [-0.3, -0.25) is 9.36 Å². The van der Waals surface area contributed by atoms with E-state index in [2.05, 4.69) is 28.1 Å².